The molecule has 7 heteroatoms. The number of rotatable bonds is 2. The summed E-state index contributed by atoms with van der Waals surface area (Å²) in [5.41, 5.74) is 4.35. The molecule has 0 amide bonds. The molecule has 1 aliphatic rings. The SMILES string of the molecule is N#C/C(=C1/Nc2ccccc2S1)c1ccnc(NN)n1. The first-order valence-corrected chi connectivity index (χ1v) is 6.62. The highest BCUT2D eigenvalue weighted by Crippen LogP contribution is 2.43. The van der Waals surface area contributed by atoms with Crippen LogP contribution in [0.25, 0.3) is 5.57 Å². The highest BCUT2D eigenvalue weighted by Gasteiger charge is 2.20. The summed E-state index contributed by atoms with van der Waals surface area (Å²) >= 11 is 1.51. The zero-order chi connectivity index (χ0) is 13.9. The van der Waals surface area contributed by atoms with Crippen LogP contribution in [0.4, 0.5) is 11.6 Å². The number of hydrogen-bond acceptors (Lipinski definition) is 7. The Morgan fingerprint density at radius 1 is 1.35 bits per heavy atom. The molecule has 2 aromatic rings. The number of nitrogens with one attached hydrogen (secondary N) is 2. The predicted molar refractivity (Wildman–Crippen MR) is 78.3 cm³/mol. The number of allylic oxidation sites excluding steroid dienone is 1. The molecule has 0 fully saturated rings. The number of fused-ring (bicyclic) bond motifs is 1. The molecule has 0 saturated heterocycles. The Balaban J connectivity index is 2.03. The lowest BCUT2D eigenvalue weighted by Gasteiger charge is -2.04. The molecule has 6 nitrogen and oxygen atoms in total. The van der Waals surface area contributed by atoms with Gasteiger partial charge in [-0.05, 0) is 18.2 Å². The molecule has 0 radical (unpaired) electrons. The number of hydrogen-bond donors (Lipinski definition) is 3. The van der Waals surface area contributed by atoms with E-state index in [0.717, 1.165) is 15.6 Å². The molecule has 0 unspecified atom stereocenters. The molecule has 0 bridgehead atoms. The third kappa shape index (κ3) is 2.18. The number of benzene rings is 1. The molecule has 1 aromatic heterocycles. The van der Waals surface area contributed by atoms with Crippen molar-refractivity contribution in [2.45, 2.75) is 4.90 Å². The molecule has 1 aromatic carbocycles. The number of nitrogens with two attached hydrogens (primary N) is 1. The lowest BCUT2D eigenvalue weighted by molar-refractivity contribution is 1.10. The Bertz CT molecular complexity index is 707. The molecule has 0 aliphatic carbocycles. The lowest BCUT2D eigenvalue weighted by Crippen LogP contribution is -2.11. The van der Waals surface area contributed by atoms with E-state index in [1.165, 1.54) is 11.8 Å². The Morgan fingerprint density at radius 3 is 2.95 bits per heavy atom. The lowest BCUT2D eigenvalue weighted by atomic mass is 10.2. The van der Waals surface area contributed by atoms with Crippen LogP contribution < -0.4 is 16.6 Å². The van der Waals surface area contributed by atoms with Crippen molar-refractivity contribution in [3.8, 4) is 6.07 Å². The maximum absolute atomic E-state index is 9.41. The van der Waals surface area contributed by atoms with Gasteiger partial charge in [0.05, 0.1) is 16.4 Å². The summed E-state index contributed by atoms with van der Waals surface area (Å²) in [5, 5.41) is 13.4. The van der Waals surface area contributed by atoms with E-state index < -0.39 is 0 Å². The predicted octanol–water partition coefficient (Wildman–Crippen LogP) is 2.17. The Kier molecular flexibility index (Phi) is 3.25. The topological polar surface area (TPSA) is 99.7 Å². The van der Waals surface area contributed by atoms with E-state index in [-0.39, 0.29) is 5.95 Å². The minimum atomic E-state index is 0.274. The Hall–Kier alpha value is -2.56. The van der Waals surface area contributed by atoms with E-state index in [1.807, 2.05) is 24.3 Å². The molecule has 0 saturated carbocycles. The van der Waals surface area contributed by atoms with Crippen molar-refractivity contribution in [2.24, 2.45) is 5.84 Å². The summed E-state index contributed by atoms with van der Waals surface area (Å²) in [4.78, 5) is 9.21. The summed E-state index contributed by atoms with van der Waals surface area (Å²) in [6.07, 6.45) is 1.56. The third-order valence-corrected chi connectivity index (χ3v) is 3.81. The molecular weight excluding hydrogens is 272 g/mol. The standard InChI is InChI=1S/C13H10N6S/c14-7-8(9-5-6-16-13(18-9)19-15)12-17-10-3-1-2-4-11(10)20-12/h1-6,17H,15H2,(H,16,18,19)/b12-8+. The molecule has 0 atom stereocenters. The Morgan fingerprint density at radius 2 is 2.20 bits per heavy atom. The van der Waals surface area contributed by atoms with Crippen molar-refractivity contribution in [2.75, 3.05) is 10.7 Å². The highest BCUT2D eigenvalue weighted by atomic mass is 32.2. The summed E-state index contributed by atoms with van der Waals surface area (Å²) in [7, 11) is 0. The highest BCUT2D eigenvalue weighted by molar-refractivity contribution is 8.04. The number of para-hydroxylation sites is 1. The van der Waals surface area contributed by atoms with Gasteiger partial charge in [-0.3, -0.25) is 5.43 Å². The normalized spacial score (nSPS) is 15.0. The van der Waals surface area contributed by atoms with Crippen molar-refractivity contribution >= 4 is 29.0 Å². The van der Waals surface area contributed by atoms with Gasteiger partial charge in [0.25, 0.3) is 0 Å². The molecular formula is C13H10N6S. The summed E-state index contributed by atoms with van der Waals surface area (Å²) in [6.45, 7) is 0. The van der Waals surface area contributed by atoms with E-state index >= 15 is 0 Å². The number of thioether (sulfide) groups is 1. The van der Waals surface area contributed by atoms with Gasteiger partial charge < -0.3 is 5.32 Å². The summed E-state index contributed by atoms with van der Waals surface area (Å²) in [5.74, 6) is 5.56. The van der Waals surface area contributed by atoms with Crippen LogP contribution in [0.5, 0.6) is 0 Å². The van der Waals surface area contributed by atoms with E-state index in [1.54, 1.807) is 12.3 Å². The van der Waals surface area contributed by atoms with Crippen LogP contribution in [-0.4, -0.2) is 9.97 Å². The average Bonchev–Trinajstić information content (AvgIpc) is 2.91. The zero-order valence-corrected chi connectivity index (χ0v) is 11.1. The van der Waals surface area contributed by atoms with Gasteiger partial charge in [0, 0.05) is 11.1 Å². The van der Waals surface area contributed by atoms with Crippen molar-refractivity contribution in [1.29, 1.82) is 5.26 Å². The minimum Gasteiger partial charge on any atom is -0.348 e. The zero-order valence-electron chi connectivity index (χ0n) is 10.3. The Labute approximate surface area is 119 Å². The van der Waals surface area contributed by atoms with Crippen LogP contribution in [0.2, 0.25) is 0 Å². The second kappa shape index (κ2) is 5.21. The van der Waals surface area contributed by atoms with Crippen LogP contribution in [-0.2, 0) is 0 Å². The quantitative estimate of drug-likeness (QED) is 0.441. The molecule has 98 valence electrons. The van der Waals surface area contributed by atoms with Gasteiger partial charge in [0.15, 0.2) is 0 Å². The van der Waals surface area contributed by atoms with E-state index in [2.05, 4.69) is 26.8 Å². The largest absolute Gasteiger partial charge is 0.348 e. The monoisotopic (exact) mass is 282 g/mol. The first-order valence-electron chi connectivity index (χ1n) is 5.80. The molecule has 1 aliphatic heterocycles. The van der Waals surface area contributed by atoms with E-state index in [9.17, 15) is 5.26 Å². The molecule has 4 N–H and O–H groups in total. The van der Waals surface area contributed by atoms with Crippen molar-refractivity contribution in [1.82, 2.24) is 9.97 Å². The summed E-state index contributed by atoms with van der Waals surface area (Å²) in [6, 6.07) is 11.7. The smallest absolute Gasteiger partial charge is 0.237 e. The molecule has 2 heterocycles. The van der Waals surface area contributed by atoms with Crippen LogP contribution in [0.1, 0.15) is 5.69 Å². The number of nitrogen functional groups attached to an aromatic ring is 1. The fourth-order valence-electron chi connectivity index (χ4n) is 1.82. The van der Waals surface area contributed by atoms with Crippen molar-refractivity contribution < 1.29 is 0 Å². The fourth-order valence-corrected chi connectivity index (χ4v) is 2.83. The fraction of sp³-hybridized carbons (Fsp3) is 0. The number of hydrazine groups is 1. The maximum atomic E-state index is 9.41. The minimum absolute atomic E-state index is 0.274. The van der Waals surface area contributed by atoms with Crippen molar-refractivity contribution in [3.63, 3.8) is 0 Å². The number of aromatic nitrogens is 2. The molecule has 0 spiro atoms. The van der Waals surface area contributed by atoms with E-state index in [0.29, 0.717) is 11.3 Å². The van der Waals surface area contributed by atoms with Gasteiger partial charge in [0.1, 0.15) is 11.6 Å². The second-order valence-corrected chi connectivity index (χ2v) is 5.00. The van der Waals surface area contributed by atoms with Gasteiger partial charge in [-0.25, -0.2) is 15.8 Å². The number of anilines is 2. The van der Waals surface area contributed by atoms with Crippen LogP contribution in [0.3, 0.4) is 0 Å². The molecule has 3 rings (SSSR count). The van der Waals surface area contributed by atoms with Gasteiger partial charge in [0.2, 0.25) is 5.95 Å². The number of nitriles is 1. The van der Waals surface area contributed by atoms with E-state index in [4.69, 9.17) is 5.84 Å². The van der Waals surface area contributed by atoms with Crippen molar-refractivity contribution in [3.05, 3.63) is 47.3 Å². The van der Waals surface area contributed by atoms with Gasteiger partial charge in [-0.2, -0.15) is 5.26 Å². The van der Waals surface area contributed by atoms with Crippen LogP contribution >= 0.6 is 11.8 Å². The third-order valence-electron chi connectivity index (χ3n) is 2.73. The van der Waals surface area contributed by atoms with Gasteiger partial charge >= 0.3 is 0 Å². The van der Waals surface area contributed by atoms with Crippen LogP contribution in [0.15, 0.2) is 46.5 Å². The van der Waals surface area contributed by atoms with Gasteiger partial charge in [-0.15, -0.1) is 0 Å². The van der Waals surface area contributed by atoms with Crippen LogP contribution in [0, 0.1) is 11.3 Å². The average molecular weight is 282 g/mol. The van der Waals surface area contributed by atoms with Gasteiger partial charge in [-0.1, -0.05) is 23.9 Å². The maximum Gasteiger partial charge on any atom is 0.237 e. The molecule has 20 heavy (non-hydrogen) atoms. The summed E-state index contributed by atoms with van der Waals surface area (Å²) < 4.78 is 0. The first-order chi connectivity index (χ1) is 9.81. The number of nitrogens with zero attached hydrogens (tertiary/aromatic N) is 3. The first kappa shape index (κ1) is 12.5. The second-order valence-electron chi connectivity index (χ2n) is 3.95.